The SMILES string of the molecule is Clc1csc(CNCCCOC2CCCCC2)c1. The molecule has 1 N–H and O–H groups in total. The van der Waals surface area contributed by atoms with Crippen LogP contribution in [0.2, 0.25) is 5.02 Å². The van der Waals surface area contributed by atoms with Gasteiger partial charge in [-0.2, -0.15) is 0 Å². The van der Waals surface area contributed by atoms with Gasteiger partial charge in [0.05, 0.1) is 11.1 Å². The first kappa shape index (κ1) is 14.3. The zero-order valence-corrected chi connectivity index (χ0v) is 12.4. The van der Waals surface area contributed by atoms with Crippen molar-refractivity contribution in [3.63, 3.8) is 0 Å². The van der Waals surface area contributed by atoms with Crippen LogP contribution in [0.5, 0.6) is 0 Å². The number of hydrogen-bond donors (Lipinski definition) is 1. The van der Waals surface area contributed by atoms with E-state index in [4.69, 9.17) is 16.3 Å². The first-order chi connectivity index (χ1) is 8.84. The number of ether oxygens (including phenoxy) is 1. The van der Waals surface area contributed by atoms with E-state index in [0.29, 0.717) is 6.10 Å². The van der Waals surface area contributed by atoms with Crippen LogP contribution in [0.15, 0.2) is 11.4 Å². The van der Waals surface area contributed by atoms with Gasteiger partial charge in [0.1, 0.15) is 0 Å². The lowest BCUT2D eigenvalue weighted by Gasteiger charge is -2.21. The molecule has 1 fully saturated rings. The first-order valence-electron chi connectivity index (χ1n) is 6.90. The normalized spacial score (nSPS) is 17.2. The predicted molar refractivity (Wildman–Crippen MR) is 78.5 cm³/mol. The Kier molecular flexibility index (Phi) is 6.49. The van der Waals surface area contributed by atoms with E-state index >= 15 is 0 Å². The van der Waals surface area contributed by atoms with Gasteiger partial charge in [-0.25, -0.2) is 0 Å². The topological polar surface area (TPSA) is 21.3 Å². The lowest BCUT2D eigenvalue weighted by molar-refractivity contribution is 0.0273. The van der Waals surface area contributed by atoms with E-state index < -0.39 is 0 Å². The summed E-state index contributed by atoms with van der Waals surface area (Å²) in [7, 11) is 0. The molecule has 0 bridgehead atoms. The third-order valence-electron chi connectivity index (χ3n) is 3.32. The van der Waals surface area contributed by atoms with E-state index in [9.17, 15) is 0 Å². The molecule has 0 unspecified atom stereocenters. The number of halogens is 1. The monoisotopic (exact) mass is 287 g/mol. The minimum atomic E-state index is 0.537. The summed E-state index contributed by atoms with van der Waals surface area (Å²) >= 11 is 7.58. The highest BCUT2D eigenvalue weighted by atomic mass is 35.5. The molecule has 18 heavy (non-hydrogen) atoms. The minimum absolute atomic E-state index is 0.537. The van der Waals surface area contributed by atoms with Crippen molar-refractivity contribution in [2.45, 2.75) is 51.2 Å². The standard InChI is InChI=1S/C14H22ClNOS/c15-12-9-14(18-11-12)10-16-7-4-8-17-13-5-2-1-3-6-13/h9,11,13,16H,1-8,10H2. The fourth-order valence-electron chi connectivity index (χ4n) is 2.34. The van der Waals surface area contributed by atoms with Crippen LogP contribution in [-0.4, -0.2) is 19.3 Å². The van der Waals surface area contributed by atoms with Crippen molar-refractivity contribution < 1.29 is 4.74 Å². The highest BCUT2D eigenvalue weighted by Crippen LogP contribution is 2.20. The number of thiophene rings is 1. The van der Waals surface area contributed by atoms with Crippen molar-refractivity contribution in [3.8, 4) is 0 Å². The Hall–Kier alpha value is -0.0900. The van der Waals surface area contributed by atoms with Crippen molar-refractivity contribution in [3.05, 3.63) is 21.3 Å². The summed E-state index contributed by atoms with van der Waals surface area (Å²) < 4.78 is 5.88. The van der Waals surface area contributed by atoms with Crippen LogP contribution in [0, 0.1) is 0 Å². The summed E-state index contributed by atoms with van der Waals surface area (Å²) in [6.07, 6.45) is 8.25. The molecule has 102 valence electrons. The van der Waals surface area contributed by atoms with E-state index in [-0.39, 0.29) is 0 Å². The molecule has 2 nitrogen and oxygen atoms in total. The Morgan fingerprint density at radius 1 is 1.33 bits per heavy atom. The summed E-state index contributed by atoms with van der Waals surface area (Å²) in [5.41, 5.74) is 0. The second-order valence-corrected chi connectivity index (χ2v) is 6.32. The highest BCUT2D eigenvalue weighted by Gasteiger charge is 2.12. The molecule has 0 radical (unpaired) electrons. The molecule has 0 saturated heterocycles. The molecule has 1 aromatic rings. The van der Waals surface area contributed by atoms with Crippen LogP contribution in [0.4, 0.5) is 0 Å². The maximum absolute atomic E-state index is 5.88. The van der Waals surface area contributed by atoms with Gasteiger partial charge in [0.25, 0.3) is 0 Å². The summed E-state index contributed by atoms with van der Waals surface area (Å²) in [4.78, 5) is 1.30. The zero-order chi connectivity index (χ0) is 12.6. The third-order valence-corrected chi connectivity index (χ3v) is 4.61. The molecule has 0 amide bonds. The summed E-state index contributed by atoms with van der Waals surface area (Å²) in [6.45, 7) is 2.83. The van der Waals surface area contributed by atoms with Crippen molar-refractivity contribution >= 4 is 22.9 Å². The molecular formula is C14H22ClNOS. The van der Waals surface area contributed by atoms with Crippen molar-refractivity contribution in [1.29, 1.82) is 0 Å². The van der Waals surface area contributed by atoms with E-state index in [1.54, 1.807) is 11.3 Å². The molecule has 0 aromatic carbocycles. The van der Waals surface area contributed by atoms with Crippen LogP contribution in [0.25, 0.3) is 0 Å². The Morgan fingerprint density at radius 2 is 2.17 bits per heavy atom. The van der Waals surface area contributed by atoms with Crippen LogP contribution in [0.1, 0.15) is 43.4 Å². The van der Waals surface area contributed by atoms with Crippen LogP contribution in [0.3, 0.4) is 0 Å². The largest absolute Gasteiger partial charge is 0.378 e. The molecule has 4 heteroatoms. The van der Waals surface area contributed by atoms with E-state index in [2.05, 4.69) is 5.32 Å². The van der Waals surface area contributed by atoms with E-state index in [0.717, 1.165) is 31.1 Å². The molecule has 0 aliphatic heterocycles. The molecule has 0 spiro atoms. The molecule has 2 rings (SSSR count). The second kappa shape index (κ2) is 8.16. The van der Waals surface area contributed by atoms with E-state index in [1.807, 2.05) is 11.4 Å². The van der Waals surface area contributed by atoms with Gasteiger partial charge in [-0.05, 0) is 31.9 Å². The number of rotatable bonds is 7. The molecule has 0 atom stereocenters. The molecule has 1 aliphatic carbocycles. The quantitative estimate of drug-likeness (QED) is 0.758. The maximum atomic E-state index is 5.88. The van der Waals surface area contributed by atoms with Gasteiger partial charge in [0.15, 0.2) is 0 Å². The highest BCUT2D eigenvalue weighted by molar-refractivity contribution is 7.10. The van der Waals surface area contributed by atoms with Crippen molar-refractivity contribution in [1.82, 2.24) is 5.32 Å². The minimum Gasteiger partial charge on any atom is -0.378 e. The Balaban J connectivity index is 1.46. The van der Waals surface area contributed by atoms with Gasteiger partial charge in [-0.3, -0.25) is 0 Å². The molecule has 1 heterocycles. The zero-order valence-electron chi connectivity index (χ0n) is 10.8. The summed E-state index contributed by atoms with van der Waals surface area (Å²) in [6, 6.07) is 2.03. The van der Waals surface area contributed by atoms with Gasteiger partial charge in [-0.1, -0.05) is 30.9 Å². The van der Waals surface area contributed by atoms with Gasteiger partial charge in [-0.15, -0.1) is 11.3 Å². The van der Waals surface area contributed by atoms with Crippen molar-refractivity contribution in [2.75, 3.05) is 13.2 Å². The van der Waals surface area contributed by atoms with Crippen LogP contribution >= 0.6 is 22.9 Å². The van der Waals surface area contributed by atoms with E-state index in [1.165, 1.54) is 37.0 Å². The fourth-order valence-corrected chi connectivity index (χ4v) is 3.38. The lowest BCUT2D eigenvalue weighted by Crippen LogP contribution is -2.20. The Labute approximate surface area is 119 Å². The fraction of sp³-hybridized carbons (Fsp3) is 0.714. The molecule has 1 saturated carbocycles. The third kappa shape index (κ3) is 5.27. The van der Waals surface area contributed by atoms with Gasteiger partial charge in [0.2, 0.25) is 0 Å². The smallest absolute Gasteiger partial charge is 0.0575 e. The van der Waals surface area contributed by atoms with Gasteiger partial charge in [0, 0.05) is 23.4 Å². The van der Waals surface area contributed by atoms with Gasteiger partial charge >= 0.3 is 0 Å². The lowest BCUT2D eigenvalue weighted by atomic mass is 9.98. The molecule has 1 aromatic heterocycles. The molecular weight excluding hydrogens is 266 g/mol. The van der Waals surface area contributed by atoms with Crippen molar-refractivity contribution in [2.24, 2.45) is 0 Å². The van der Waals surface area contributed by atoms with Gasteiger partial charge < -0.3 is 10.1 Å². The maximum Gasteiger partial charge on any atom is 0.0575 e. The Bertz CT molecular complexity index is 336. The summed E-state index contributed by atoms with van der Waals surface area (Å²) in [5.74, 6) is 0. The predicted octanol–water partition coefficient (Wildman–Crippen LogP) is 4.23. The number of nitrogens with one attached hydrogen (secondary N) is 1. The summed E-state index contributed by atoms with van der Waals surface area (Å²) in [5, 5.41) is 6.25. The number of hydrogen-bond acceptors (Lipinski definition) is 3. The first-order valence-corrected chi connectivity index (χ1v) is 8.15. The second-order valence-electron chi connectivity index (χ2n) is 4.89. The average Bonchev–Trinajstić information content (AvgIpc) is 2.81. The Morgan fingerprint density at radius 3 is 2.89 bits per heavy atom. The average molecular weight is 288 g/mol. The van der Waals surface area contributed by atoms with Crippen LogP contribution < -0.4 is 5.32 Å². The van der Waals surface area contributed by atoms with Crippen LogP contribution in [-0.2, 0) is 11.3 Å². The molecule has 1 aliphatic rings.